The van der Waals surface area contributed by atoms with Gasteiger partial charge in [0.2, 0.25) is 0 Å². The molecule has 1 aromatic carbocycles. The molecule has 2 fully saturated rings. The van der Waals surface area contributed by atoms with Gasteiger partial charge in [-0.2, -0.15) is 0 Å². The van der Waals surface area contributed by atoms with Crippen LogP contribution in [0.1, 0.15) is 62.0 Å². The van der Waals surface area contributed by atoms with Gasteiger partial charge < -0.3 is 20.9 Å². The van der Waals surface area contributed by atoms with Crippen molar-refractivity contribution in [3.63, 3.8) is 0 Å². The lowest BCUT2D eigenvalue weighted by atomic mass is 9.70. The van der Waals surface area contributed by atoms with Crippen LogP contribution in [0.2, 0.25) is 10.0 Å². The molecule has 4 rings (SSSR count). The van der Waals surface area contributed by atoms with Crippen molar-refractivity contribution >= 4 is 45.2 Å². The lowest BCUT2D eigenvalue weighted by Gasteiger charge is -2.42. The number of urea groups is 1. The minimum atomic E-state index is -0.282. The van der Waals surface area contributed by atoms with Crippen molar-refractivity contribution < 1.29 is 4.79 Å². The van der Waals surface area contributed by atoms with Gasteiger partial charge in [-0.25, -0.2) is 10.1 Å². The number of rotatable bonds is 6. The number of halogens is 3. The van der Waals surface area contributed by atoms with Gasteiger partial charge in [-0.1, -0.05) is 51.3 Å². The van der Waals surface area contributed by atoms with E-state index in [1.54, 1.807) is 4.90 Å². The van der Waals surface area contributed by atoms with E-state index < -0.39 is 0 Å². The summed E-state index contributed by atoms with van der Waals surface area (Å²) in [6, 6.07) is 3.90. The van der Waals surface area contributed by atoms with Gasteiger partial charge in [0.05, 0.1) is 6.04 Å². The smallest absolute Gasteiger partial charge is 0.314 e. The first-order valence-corrected chi connectivity index (χ1v) is 15.2. The number of nitrogens with zero attached hydrogens (tertiary/aromatic N) is 3. The lowest BCUT2D eigenvalue weighted by molar-refractivity contribution is 0.138. The quantitative estimate of drug-likeness (QED) is 0.340. The Balaban J connectivity index is 0.00000195. The predicted molar refractivity (Wildman–Crippen MR) is 161 cm³/mol. The van der Waals surface area contributed by atoms with E-state index in [0.717, 1.165) is 87.7 Å². The highest BCUT2D eigenvalue weighted by Crippen LogP contribution is 2.45. The first kappa shape index (κ1) is 30.8. The van der Waals surface area contributed by atoms with Gasteiger partial charge in [0, 0.05) is 41.8 Å². The van der Waals surface area contributed by atoms with Gasteiger partial charge in [-0.3, -0.25) is 0 Å². The molecule has 3 N–H and O–H groups in total. The second-order valence-corrected chi connectivity index (χ2v) is 12.0. The van der Waals surface area contributed by atoms with E-state index >= 15 is 0 Å². The third kappa shape index (κ3) is 7.91. The van der Waals surface area contributed by atoms with Crippen molar-refractivity contribution in [2.75, 3.05) is 32.7 Å². The van der Waals surface area contributed by atoms with Crippen LogP contribution >= 0.6 is 39.1 Å². The highest BCUT2D eigenvalue weighted by molar-refractivity contribution is 9.11. The molecule has 1 aliphatic carbocycles. The van der Waals surface area contributed by atoms with Crippen molar-refractivity contribution in [3.8, 4) is 6.57 Å². The lowest BCUT2D eigenvalue weighted by Crippen LogP contribution is -2.44. The molecule has 2 saturated heterocycles. The Kier molecular flexibility index (Phi) is 12.3. The van der Waals surface area contributed by atoms with Crippen molar-refractivity contribution in [1.29, 1.82) is 5.26 Å². The molecule has 2 aliphatic heterocycles. The number of hydrogen-bond acceptors (Lipinski definition) is 4. The molecular weight excluding hydrogens is 585 g/mol. The molecule has 3 aliphatic rings. The summed E-state index contributed by atoms with van der Waals surface area (Å²) in [6.45, 7) is 12.9. The van der Waals surface area contributed by atoms with E-state index in [9.17, 15) is 4.79 Å². The number of aryl methyl sites for hydroxylation is 1. The molecule has 1 aromatic rings. The fourth-order valence-electron chi connectivity index (χ4n) is 6.51. The summed E-state index contributed by atoms with van der Waals surface area (Å²) in [5.74, 6) is 1.47. The molecule has 9 heteroatoms. The molecule has 0 radical (unpaired) electrons. The van der Waals surface area contributed by atoms with Crippen LogP contribution in [0.4, 0.5) is 4.79 Å². The number of primary amides is 1. The van der Waals surface area contributed by atoms with Gasteiger partial charge in [0.1, 0.15) is 0 Å². The summed E-state index contributed by atoms with van der Waals surface area (Å²) >= 11 is 16.8. The number of likely N-dealkylation sites (tertiary alicyclic amines) is 2. The minimum Gasteiger partial charge on any atom is -0.383 e. The standard InChI is InChI=1S/C28H39BrCl2N4O.CHN/c1-19-3-2-4-22-17-23(30)18-24(31)25(22)26(27(19)33-11-10-29)21-8-13-34(14-9-21)12-5-20-6-15-35(16-7-20)28(32)36;1-2/h10-11,17-18,20-21,26-27,33H,1-9,12-16H2,(H2,32,36);1H/b11-10+;. The van der Waals surface area contributed by atoms with E-state index in [-0.39, 0.29) is 18.0 Å². The van der Waals surface area contributed by atoms with Crippen molar-refractivity contribution in [1.82, 2.24) is 15.1 Å². The summed E-state index contributed by atoms with van der Waals surface area (Å²) in [5, 5.41) is 11.6. The van der Waals surface area contributed by atoms with E-state index in [1.165, 1.54) is 23.1 Å². The van der Waals surface area contributed by atoms with Crippen LogP contribution < -0.4 is 11.1 Å². The van der Waals surface area contributed by atoms with Crippen LogP contribution in [0.15, 0.2) is 35.5 Å². The van der Waals surface area contributed by atoms with Gasteiger partial charge in [-0.15, -0.1) is 0 Å². The zero-order chi connectivity index (χ0) is 27.7. The fourth-order valence-corrected chi connectivity index (χ4v) is 7.33. The average molecular weight is 625 g/mol. The third-order valence-corrected chi connectivity index (χ3v) is 9.31. The topological polar surface area (TPSA) is 85.4 Å². The van der Waals surface area contributed by atoms with Gasteiger partial charge in [0.25, 0.3) is 0 Å². The number of carbonyl (C=O) groups excluding carboxylic acids is 1. The molecular formula is C29H40BrCl2N5O. The monoisotopic (exact) mass is 623 g/mol. The average Bonchev–Trinajstić information content (AvgIpc) is 2.91. The number of benzene rings is 1. The number of piperidine rings is 2. The number of nitriles is 1. The normalized spacial score (nSPS) is 23.7. The van der Waals surface area contributed by atoms with Gasteiger partial charge >= 0.3 is 6.03 Å². The molecule has 38 heavy (non-hydrogen) atoms. The molecule has 2 amide bonds. The van der Waals surface area contributed by atoms with Gasteiger partial charge in [0.15, 0.2) is 0 Å². The molecule has 6 nitrogen and oxygen atoms in total. The van der Waals surface area contributed by atoms with Crippen LogP contribution in [0, 0.1) is 23.7 Å². The highest BCUT2D eigenvalue weighted by atomic mass is 79.9. The minimum absolute atomic E-state index is 0.142. The van der Waals surface area contributed by atoms with Crippen LogP contribution in [-0.4, -0.2) is 54.6 Å². The summed E-state index contributed by atoms with van der Waals surface area (Å²) in [4.78, 5) is 17.7. The molecule has 208 valence electrons. The largest absolute Gasteiger partial charge is 0.383 e. The van der Waals surface area contributed by atoms with Crippen LogP contribution in [0.5, 0.6) is 0 Å². The Bertz CT molecular complexity index is 1000. The van der Waals surface area contributed by atoms with Crippen molar-refractivity contribution in [3.05, 3.63) is 56.6 Å². The predicted octanol–water partition coefficient (Wildman–Crippen LogP) is 6.83. The number of hydrogen-bond donors (Lipinski definition) is 2. The molecule has 0 aromatic heterocycles. The fraction of sp³-hybridized carbons (Fsp3) is 0.586. The second-order valence-electron chi connectivity index (χ2n) is 10.7. The number of carbonyl (C=O) groups is 1. The molecule has 2 unspecified atom stereocenters. The maximum absolute atomic E-state index is 11.4. The highest BCUT2D eigenvalue weighted by Gasteiger charge is 2.37. The number of nitrogens with one attached hydrogen (secondary N) is 1. The SMILES string of the molecule is C#N.C=C1CCCc2cc(Cl)cc(Cl)c2C(C2CCN(CCC3CCN(C(N)=O)CC3)CC2)C1N/C=C/Br. The number of fused-ring (bicyclic) bond motifs is 1. The second kappa shape index (κ2) is 15.2. The first-order valence-electron chi connectivity index (χ1n) is 13.6. The Morgan fingerprint density at radius 2 is 1.84 bits per heavy atom. The Morgan fingerprint density at radius 1 is 1.16 bits per heavy atom. The number of amides is 2. The summed E-state index contributed by atoms with van der Waals surface area (Å²) in [6.07, 6.45) is 10.6. The van der Waals surface area contributed by atoms with Crippen molar-refractivity contribution in [2.24, 2.45) is 17.6 Å². The van der Waals surface area contributed by atoms with E-state index in [2.05, 4.69) is 45.4 Å². The summed E-state index contributed by atoms with van der Waals surface area (Å²) in [5.41, 5.74) is 9.25. The van der Waals surface area contributed by atoms with Crippen molar-refractivity contribution in [2.45, 2.75) is 63.3 Å². The van der Waals surface area contributed by atoms with Crippen LogP contribution in [0.25, 0.3) is 0 Å². The first-order chi connectivity index (χ1) is 18.4. The molecule has 0 saturated carbocycles. The van der Waals surface area contributed by atoms with E-state index in [4.69, 9.17) is 34.2 Å². The zero-order valence-corrected chi connectivity index (χ0v) is 25.2. The Morgan fingerprint density at radius 3 is 2.47 bits per heavy atom. The Labute approximate surface area is 246 Å². The zero-order valence-electron chi connectivity index (χ0n) is 22.1. The molecule has 0 spiro atoms. The van der Waals surface area contributed by atoms with Crippen LogP contribution in [-0.2, 0) is 6.42 Å². The number of nitrogens with two attached hydrogens (primary N) is 1. The maximum atomic E-state index is 11.4. The maximum Gasteiger partial charge on any atom is 0.314 e. The third-order valence-electron chi connectivity index (χ3n) is 8.51. The molecule has 2 heterocycles. The van der Waals surface area contributed by atoms with E-state index in [0.29, 0.717) is 11.8 Å². The summed E-state index contributed by atoms with van der Waals surface area (Å²) in [7, 11) is 0. The molecule has 0 bridgehead atoms. The summed E-state index contributed by atoms with van der Waals surface area (Å²) < 4.78 is 0. The Hall–Kier alpha value is -1.72. The molecule has 2 atom stereocenters. The van der Waals surface area contributed by atoms with Gasteiger partial charge in [-0.05, 0) is 111 Å². The van der Waals surface area contributed by atoms with E-state index in [1.807, 2.05) is 17.3 Å². The van der Waals surface area contributed by atoms with Crippen LogP contribution in [0.3, 0.4) is 0 Å².